The van der Waals surface area contributed by atoms with Crippen molar-refractivity contribution >= 4 is 17.2 Å². The van der Waals surface area contributed by atoms with Crippen LogP contribution in [0.15, 0.2) is 12.3 Å². The van der Waals surface area contributed by atoms with Crippen molar-refractivity contribution in [2.75, 3.05) is 13.0 Å². The van der Waals surface area contributed by atoms with Gasteiger partial charge < -0.3 is 4.74 Å². The average Bonchev–Trinajstić information content (AvgIpc) is 2.69. The molecule has 1 aromatic heterocycles. The minimum Gasteiger partial charge on any atom is -0.493 e. The quantitative estimate of drug-likeness (QED) is 0.739. The first-order valence-corrected chi connectivity index (χ1v) is 5.99. The number of nitrogens with zero attached hydrogens (tertiary/aromatic N) is 2. The van der Waals surface area contributed by atoms with E-state index in [2.05, 4.69) is 31.9 Å². The molecule has 0 saturated heterocycles. The highest BCUT2D eigenvalue weighted by Gasteiger charge is 2.14. The summed E-state index contributed by atoms with van der Waals surface area (Å²) in [4.78, 5) is 0. The van der Waals surface area contributed by atoms with Gasteiger partial charge in [0.15, 0.2) is 5.75 Å². The first-order valence-electron chi connectivity index (χ1n) is 5.46. The summed E-state index contributed by atoms with van der Waals surface area (Å²) < 4.78 is 7.29. The van der Waals surface area contributed by atoms with Gasteiger partial charge in [0.2, 0.25) is 0 Å². The lowest BCUT2D eigenvalue weighted by atomic mass is 10.1. The normalized spacial score (nSPS) is 12.2. The molecule has 1 aromatic rings. The van der Waals surface area contributed by atoms with Crippen molar-refractivity contribution in [2.24, 2.45) is 0 Å². The monoisotopic (exact) mass is 242 g/mol. The van der Waals surface area contributed by atoms with Gasteiger partial charge in [0, 0.05) is 11.9 Å². The first-order chi connectivity index (χ1) is 7.61. The second-order valence-corrected chi connectivity index (χ2v) is 4.34. The van der Waals surface area contributed by atoms with Crippen molar-refractivity contribution in [1.29, 1.82) is 0 Å². The molecule has 0 fully saturated rings. The van der Waals surface area contributed by atoms with E-state index in [0.29, 0.717) is 11.9 Å². The van der Waals surface area contributed by atoms with Crippen LogP contribution in [-0.2, 0) is 0 Å². The number of ether oxygens (including phenoxy) is 1. The molecule has 16 heavy (non-hydrogen) atoms. The fourth-order valence-corrected chi connectivity index (χ4v) is 1.74. The number of alkyl halides is 1. The van der Waals surface area contributed by atoms with Gasteiger partial charge in [-0.15, -0.1) is 11.6 Å². The van der Waals surface area contributed by atoms with Crippen LogP contribution in [0.25, 0.3) is 5.57 Å². The summed E-state index contributed by atoms with van der Waals surface area (Å²) in [6.07, 6.45) is 4.73. The average molecular weight is 243 g/mol. The highest BCUT2D eigenvalue weighted by molar-refractivity contribution is 6.17. The molecule has 1 rings (SSSR count). The summed E-state index contributed by atoms with van der Waals surface area (Å²) in [5.74, 6) is 1.45. The molecule has 4 heteroatoms. The van der Waals surface area contributed by atoms with E-state index in [1.54, 1.807) is 13.3 Å². The number of aromatic nitrogens is 2. The summed E-state index contributed by atoms with van der Waals surface area (Å²) in [5, 5.41) is 4.33. The molecule has 0 radical (unpaired) electrons. The van der Waals surface area contributed by atoms with E-state index in [1.165, 1.54) is 0 Å². The van der Waals surface area contributed by atoms with Gasteiger partial charge in [-0.3, -0.25) is 4.68 Å². The van der Waals surface area contributed by atoms with Gasteiger partial charge in [-0.05, 0) is 32.8 Å². The molecule has 0 spiro atoms. The molecule has 0 aromatic carbocycles. The molecule has 0 bridgehead atoms. The second kappa shape index (κ2) is 5.94. The maximum Gasteiger partial charge on any atom is 0.164 e. The maximum atomic E-state index is 5.68. The Labute approximate surface area is 102 Å². The van der Waals surface area contributed by atoms with Crippen molar-refractivity contribution in [3.05, 3.63) is 18.0 Å². The van der Waals surface area contributed by atoms with Crippen molar-refractivity contribution in [3.8, 4) is 5.75 Å². The zero-order valence-electron chi connectivity index (χ0n) is 10.3. The van der Waals surface area contributed by atoms with Crippen molar-refractivity contribution in [2.45, 2.75) is 33.2 Å². The Morgan fingerprint density at radius 1 is 1.62 bits per heavy atom. The Balaban J connectivity index is 3.12. The third-order valence-corrected chi connectivity index (χ3v) is 2.62. The molecule has 0 N–H and O–H groups in total. The van der Waals surface area contributed by atoms with Crippen molar-refractivity contribution < 1.29 is 4.74 Å². The Morgan fingerprint density at radius 2 is 2.31 bits per heavy atom. The van der Waals surface area contributed by atoms with Gasteiger partial charge in [-0.2, -0.15) is 5.10 Å². The lowest BCUT2D eigenvalue weighted by Gasteiger charge is -2.12. The Bertz CT molecular complexity index is 369. The molecule has 0 aliphatic rings. The highest BCUT2D eigenvalue weighted by atomic mass is 35.5. The molecule has 0 amide bonds. The van der Waals surface area contributed by atoms with Crippen LogP contribution in [0, 0.1) is 0 Å². The molecule has 1 heterocycles. The standard InChI is InChI=1S/C12H19ClN2O/c1-9(2)15-12(10(3)6-5-7-13)11(16-4)8-14-15/h6,8-9H,5,7H2,1-4H3. The van der Waals surface area contributed by atoms with Crippen LogP contribution in [-0.4, -0.2) is 22.8 Å². The topological polar surface area (TPSA) is 27.1 Å². The minimum atomic E-state index is 0.318. The molecule has 0 unspecified atom stereocenters. The van der Waals surface area contributed by atoms with Crippen LogP contribution in [0.4, 0.5) is 0 Å². The fraction of sp³-hybridized carbons (Fsp3) is 0.583. The predicted molar refractivity (Wildman–Crippen MR) is 68.2 cm³/mol. The molecular formula is C12H19ClN2O. The summed E-state index contributed by atoms with van der Waals surface area (Å²) >= 11 is 5.68. The first kappa shape index (κ1) is 13.1. The molecule has 0 aliphatic carbocycles. The Morgan fingerprint density at radius 3 is 2.81 bits per heavy atom. The van der Waals surface area contributed by atoms with Gasteiger partial charge in [-0.1, -0.05) is 6.08 Å². The van der Waals surface area contributed by atoms with Crippen LogP contribution < -0.4 is 4.74 Å². The minimum absolute atomic E-state index is 0.318. The molecule has 0 saturated carbocycles. The lowest BCUT2D eigenvalue weighted by Crippen LogP contribution is -2.06. The third-order valence-electron chi connectivity index (χ3n) is 2.40. The van der Waals surface area contributed by atoms with E-state index in [9.17, 15) is 0 Å². The van der Waals surface area contributed by atoms with Crippen LogP contribution in [0.1, 0.15) is 38.9 Å². The number of methoxy groups -OCH3 is 1. The van der Waals surface area contributed by atoms with E-state index < -0.39 is 0 Å². The number of halogens is 1. The summed E-state index contributed by atoms with van der Waals surface area (Å²) in [6.45, 7) is 6.26. The smallest absolute Gasteiger partial charge is 0.164 e. The second-order valence-electron chi connectivity index (χ2n) is 3.96. The predicted octanol–water partition coefficient (Wildman–Crippen LogP) is 3.50. The zero-order valence-corrected chi connectivity index (χ0v) is 11.1. The van der Waals surface area contributed by atoms with Crippen LogP contribution in [0.5, 0.6) is 5.75 Å². The van der Waals surface area contributed by atoms with Gasteiger partial charge in [0.05, 0.1) is 13.3 Å². The molecule has 90 valence electrons. The lowest BCUT2D eigenvalue weighted by molar-refractivity contribution is 0.410. The van der Waals surface area contributed by atoms with Gasteiger partial charge in [0.25, 0.3) is 0 Å². The van der Waals surface area contributed by atoms with E-state index >= 15 is 0 Å². The summed E-state index contributed by atoms with van der Waals surface area (Å²) in [7, 11) is 1.67. The Kier molecular flexibility index (Phi) is 4.87. The molecule has 0 atom stereocenters. The maximum absolute atomic E-state index is 5.68. The van der Waals surface area contributed by atoms with Crippen LogP contribution >= 0.6 is 11.6 Å². The fourth-order valence-electron chi connectivity index (χ4n) is 1.63. The van der Waals surface area contributed by atoms with E-state index in [-0.39, 0.29) is 0 Å². The number of allylic oxidation sites excluding steroid dienone is 2. The number of hydrogen-bond acceptors (Lipinski definition) is 2. The largest absolute Gasteiger partial charge is 0.493 e. The van der Waals surface area contributed by atoms with Gasteiger partial charge in [0.1, 0.15) is 5.69 Å². The number of hydrogen-bond donors (Lipinski definition) is 0. The van der Waals surface area contributed by atoms with E-state index in [4.69, 9.17) is 16.3 Å². The van der Waals surface area contributed by atoms with Crippen LogP contribution in [0.3, 0.4) is 0 Å². The van der Waals surface area contributed by atoms with Crippen LogP contribution in [0.2, 0.25) is 0 Å². The third kappa shape index (κ3) is 2.79. The van der Waals surface area contributed by atoms with Crippen molar-refractivity contribution in [3.63, 3.8) is 0 Å². The zero-order chi connectivity index (χ0) is 12.1. The highest BCUT2D eigenvalue weighted by Crippen LogP contribution is 2.28. The van der Waals surface area contributed by atoms with Gasteiger partial charge in [-0.25, -0.2) is 0 Å². The van der Waals surface area contributed by atoms with E-state index in [0.717, 1.165) is 23.4 Å². The summed E-state index contributed by atoms with van der Waals surface area (Å²) in [6, 6.07) is 0.318. The molecule has 0 aliphatic heterocycles. The van der Waals surface area contributed by atoms with Gasteiger partial charge >= 0.3 is 0 Å². The molecule has 3 nitrogen and oxygen atoms in total. The summed E-state index contributed by atoms with van der Waals surface area (Å²) in [5.41, 5.74) is 2.20. The van der Waals surface area contributed by atoms with Crippen molar-refractivity contribution in [1.82, 2.24) is 9.78 Å². The molecular weight excluding hydrogens is 224 g/mol. The Hall–Kier alpha value is -0.960. The van der Waals surface area contributed by atoms with E-state index in [1.807, 2.05) is 4.68 Å². The number of rotatable bonds is 5. The SMILES string of the molecule is COc1cnn(C(C)C)c1C(C)=CCCCl.